The fourth-order valence-corrected chi connectivity index (χ4v) is 13.9. The van der Waals surface area contributed by atoms with Crippen molar-refractivity contribution in [1.29, 1.82) is 0 Å². The number of carbonyl (C=O) groups excluding carboxylic acids is 1. The molecule has 7 rings (SSSR count). The highest BCUT2D eigenvalue weighted by Crippen LogP contribution is 2.76. The average molecular weight is 795 g/mol. The normalized spacial score (nSPS) is 52.4. The molecule has 0 aromatic rings. The van der Waals surface area contributed by atoms with Crippen molar-refractivity contribution in [3.8, 4) is 0 Å². The summed E-state index contributed by atoms with van der Waals surface area (Å²) < 4.78 is 29.5. The van der Waals surface area contributed by atoms with Crippen LogP contribution in [-0.4, -0.2) is 130 Å². The third-order valence-corrected chi connectivity index (χ3v) is 17.4. The maximum absolute atomic E-state index is 13.6. The molecular weight excluding hydrogens is 724 g/mol. The Hall–Kier alpha value is -1.23. The molecular formula is C43H70O13. The van der Waals surface area contributed by atoms with Crippen molar-refractivity contribution < 1.29 is 64.2 Å². The Morgan fingerprint density at radius 1 is 0.732 bits per heavy atom. The molecule has 2 heterocycles. The standard InChI is InChI=1S/C43H70O13/c1-38(2)15-17-43(37(51)52-8)18-16-41(6)22(23(43)19-38)9-10-27-40(5)13-12-28(39(3,4)26(40)11-14-42(27,41)7)55-35-33(50)31(48)34(25(21-45)54-35)56-36-32(49)30(47)29(46)24(20-44)53-36/h9,23-36,44-50H,10-21H2,1-8H3/t23-,24+,25+,26-,27+,28-,29-,30-,31+,32+,33+,34+,35-,36-,40-,41+,42+,43-/m0/s1. The molecule has 13 heteroatoms. The van der Waals surface area contributed by atoms with Gasteiger partial charge in [-0.15, -0.1) is 0 Å². The number of ether oxygens (including phenoxy) is 5. The molecule has 0 aromatic carbocycles. The summed E-state index contributed by atoms with van der Waals surface area (Å²) in [6, 6.07) is 0. The van der Waals surface area contributed by atoms with E-state index in [1.54, 1.807) is 7.11 Å². The van der Waals surface area contributed by atoms with E-state index in [1.807, 2.05) is 0 Å². The molecule has 2 saturated heterocycles. The quantitative estimate of drug-likeness (QED) is 0.113. The van der Waals surface area contributed by atoms with Crippen molar-refractivity contribution in [3.63, 3.8) is 0 Å². The van der Waals surface area contributed by atoms with Crippen molar-refractivity contribution in [2.75, 3.05) is 20.3 Å². The van der Waals surface area contributed by atoms with Crippen molar-refractivity contribution in [1.82, 2.24) is 0 Å². The summed E-state index contributed by atoms with van der Waals surface area (Å²) in [5.74, 6) is 0.856. The van der Waals surface area contributed by atoms with Gasteiger partial charge in [0.2, 0.25) is 0 Å². The van der Waals surface area contributed by atoms with Crippen molar-refractivity contribution in [2.24, 2.45) is 50.2 Å². The van der Waals surface area contributed by atoms with Crippen LogP contribution in [0.5, 0.6) is 0 Å². The molecule has 7 aliphatic rings. The van der Waals surface area contributed by atoms with E-state index >= 15 is 0 Å². The summed E-state index contributed by atoms with van der Waals surface area (Å²) in [4.78, 5) is 13.6. The second-order valence-corrected chi connectivity index (χ2v) is 20.9. The zero-order valence-corrected chi connectivity index (χ0v) is 34.7. The second kappa shape index (κ2) is 14.7. The largest absolute Gasteiger partial charge is 0.469 e. The molecule has 0 radical (unpaired) electrons. The molecule has 13 nitrogen and oxygen atoms in total. The zero-order chi connectivity index (χ0) is 41.0. The Morgan fingerprint density at radius 3 is 2.02 bits per heavy atom. The number of fused-ring (bicyclic) bond motifs is 7. The fourth-order valence-electron chi connectivity index (χ4n) is 13.9. The van der Waals surface area contributed by atoms with Crippen LogP contribution >= 0.6 is 0 Å². The van der Waals surface area contributed by atoms with Gasteiger partial charge < -0.3 is 59.4 Å². The van der Waals surface area contributed by atoms with Crippen molar-refractivity contribution in [2.45, 2.75) is 180 Å². The van der Waals surface area contributed by atoms with E-state index in [1.165, 1.54) is 5.57 Å². The number of rotatable bonds is 7. The first kappa shape index (κ1) is 42.9. The van der Waals surface area contributed by atoms with Gasteiger partial charge in [0.15, 0.2) is 12.6 Å². The SMILES string of the molecule is COC(=O)[C@]12CCC(C)(C)C[C@H]1C1=CC[C@@H]3[C@@]4(C)CC[C@H](O[C@@H]5O[C@H](CO)[C@@H](O[C@@H]6O[C@H](CO)[C@H](O)[C@H](O)[C@H]6O)[C@H](O)[C@H]5O)C(C)(C)[C@@H]4CC[C@@]3(C)[C@]1(C)CC2. The van der Waals surface area contributed by atoms with Gasteiger partial charge in [0, 0.05) is 0 Å². The molecule has 0 bridgehead atoms. The lowest BCUT2D eigenvalue weighted by atomic mass is 9.33. The van der Waals surface area contributed by atoms with E-state index in [2.05, 4.69) is 54.5 Å². The van der Waals surface area contributed by atoms with Crippen molar-refractivity contribution >= 4 is 5.97 Å². The van der Waals surface area contributed by atoms with Crippen LogP contribution in [0.4, 0.5) is 0 Å². The summed E-state index contributed by atoms with van der Waals surface area (Å²) in [6.45, 7) is 15.4. The molecule has 7 N–H and O–H groups in total. The minimum absolute atomic E-state index is 0.00631. The minimum atomic E-state index is -1.74. The second-order valence-electron chi connectivity index (χ2n) is 20.9. The van der Waals surface area contributed by atoms with Gasteiger partial charge in [0.1, 0.15) is 48.8 Å². The van der Waals surface area contributed by atoms with Crippen LogP contribution in [0.15, 0.2) is 11.6 Å². The molecule has 2 aliphatic heterocycles. The summed E-state index contributed by atoms with van der Waals surface area (Å²) in [7, 11) is 1.55. The Kier molecular flexibility index (Phi) is 11.3. The lowest BCUT2D eigenvalue weighted by Gasteiger charge is -2.71. The first-order valence-electron chi connectivity index (χ1n) is 21.2. The third-order valence-electron chi connectivity index (χ3n) is 17.4. The van der Waals surface area contributed by atoms with Gasteiger partial charge in [0.25, 0.3) is 0 Å². The third kappa shape index (κ3) is 6.31. The average Bonchev–Trinajstić information content (AvgIpc) is 3.15. The topological polar surface area (TPSA) is 205 Å². The number of allylic oxidation sites excluding steroid dienone is 2. The van der Waals surface area contributed by atoms with Gasteiger partial charge >= 0.3 is 5.97 Å². The van der Waals surface area contributed by atoms with E-state index in [-0.39, 0.29) is 45.1 Å². The van der Waals surface area contributed by atoms with Crippen LogP contribution in [-0.2, 0) is 28.5 Å². The smallest absolute Gasteiger partial charge is 0.312 e. The van der Waals surface area contributed by atoms with E-state index < -0.39 is 80.0 Å². The van der Waals surface area contributed by atoms with E-state index in [0.717, 1.165) is 57.8 Å². The van der Waals surface area contributed by atoms with Gasteiger partial charge in [-0.1, -0.05) is 60.1 Å². The summed E-state index contributed by atoms with van der Waals surface area (Å²) in [5, 5.41) is 73.6. The number of esters is 1. The molecule has 56 heavy (non-hydrogen) atoms. The van der Waals surface area contributed by atoms with Crippen LogP contribution in [0.2, 0.25) is 0 Å². The van der Waals surface area contributed by atoms with Gasteiger partial charge in [-0.25, -0.2) is 0 Å². The van der Waals surface area contributed by atoms with E-state index in [4.69, 9.17) is 23.7 Å². The Morgan fingerprint density at radius 2 is 1.36 bits per heavy atom. The predicted molar refractivity (Wildman–Crippen MR) is 202 cm³/mol. The minimum Gasteiger partial charge on any atom is -0.469 e. The highest BCUT2D eigenvalue weighted by Gasteiger charge is 2.70. The molecule has 0 aromatic heterocycles. The van der Waals surface area contributed by atoms with Crippen molar-refractivity contribution in [3.05, 3.63) is 11.6 Å². The molecule has 0 amide bonds. The zero-order valence-electron chi connectivity index (χ0n) is 34.7. The number of aliphatic hydroxyl groups excluding tert-OH is 7. The number of hydrogen-bond donors (Lipinski definition) is 7. The molecule has 320 valence electrons. The number of carbonyl (C=O) groups is 1. The van der Waals surface area contributed by atoms with Gasteiger partial charge in [0.05, 0.1) is 31.8 Å². The molecule has 6 fully saturated rings. The highest BCUT2D eigenvalue weighted by atomic mass is 16.7. The van der Waals surface area contributed by atoms with Crippen LogP contribution in [0.25, 0.3) is 0 Å². The summed E-state index contributed by atoms with van der Waals surface area (Å²) in [5.41, 5.74) is 0.852. The predicted octanol–water partition coefficient (Wildman–Crippen LogP) is 2.97. The monoisotopic (exact) mass is 794 g/mol. The fraction of sp³-hybridized carbons (Fsp3) is 0.930. The van der Waals surface area contributed by atoms with Gasteiger partial charge in [-0.2, -0.15) is 0 Å². The van der Waals surface area contributed by atoms with E-state index in [0.29, 0.717) is 18.3 Å². The molecule has 5 aliphatic carbocycles. The van der Waals surface area contributed by atoms with Gasteiger partial charge in [-0.3, -0.25) is 4.79 Å². The molecule has 18 atom stereocenters. The van der Waals surface area contributed by atoms with E-state index in [9.17, 15) is 40.5 Å². The first-order valence-corrected chi connectivity index (χ1v) is 21.2. The van der Waals surface area contributed by atoms with Crippen LogP contribution in [0.3, 0.4) is 0 Å². The number of aliphatic hydroxyl groups is 7. The number of methoxy groups -OCH3 is 1. The van der Waals surface area contributed by atoms with Crippen LogP contribution in [0.1, 0.15) is 113 Å². The lowest BCUT2D eigenvalue weighted by Crippen LogP contribution is -2.66. The van der Waals surface area contributed by atoms with Gasteiger partial charge in [-0.05, 0) is 109 Å². The molecule has 4 saturated carbocycles. The summed E-state index contributed by atoms with van der Waals surface area (Å²) >= 11 is 0. The Labute approximate surface area is 332 Å². The maximum atomic E-state index is 13.6. The summed E-state index contributed by atoms with van der Waals surface area (Å²) in [6.07, 6.45) is -3.36. The molecule has 0 spiro atoms. The highest BCUT2D eigenvalue weighted by molar-refractivity contribution is 5.78. The Balaban J connectivity index is 1.09. The lowest BCUT2D eigenvalue weighted by molar-refractivity contribution is -0.368. The van der Waals surface area contributed by atoms with Crippen LogP contribution < -0.4 is 0 Å². The maximum Gasteiger partial charge on any atom is 0.312 e. The first-order chi connectivity index (χ1) is 26.2. The van der Waals surface area contributed by atoms with Crippen LogP contribution in [0, 0.1) is 50.2 Å². The number of hydrogen-bond acceptors (Lipinski definition) is 13. The Bertz CT molecular complexity index is 1500. The molecule has 0 unspecified atom stereocenters.